The van der Waals surface area contributed by atoms with Gasteiger partial charge in [-0.1, -0.05) is 29.8 Å². The smallest absolute Gasteiger partial charge is 0.236 e. The van der Waals surface area contributed by atoms with E-state index in [1.165, 1.54) is 0 Å². The van der Waals surface area contributed by atoms with Crippen molar-refractivity contribution in [1.29, 1.82) is 0 Å². The molecule has 1 N–H and O–H groups in total. The minimum atomic E-state index is -0.315. The predicted octanol–water partition coefficient (Wildman–Crippen LogP) is 3.57. The molecule has 0 aromatic heterocycles. The number of para-hydroxylation sites is 1. The summed E-state index contributed by atoms with van der Waals surface area (Å²) in [5.41, 5.74) is 3.60. The molecule has 2 amide bonds. The summed E-state index contributed by atoms with van der Waals surface area (Å²) in [5, 5.41) is 3.39. The van der Waals surface area contributed by atoms with Gasteiger partial charge in [-0.15, -0.1) is 0 Å². The fraction of sp³-hybridized carbons (Fsp3) is 0.222. The lowest BCUT2D eigenvalue weighted by molar-refractivity contribution is -0.125. The van der Waals surface area contributed by atoms with Gasteiger partial charge in [-0.3, -0.25) is 9.59 Å². The maximum atomic E-state index is 12.4. The van der Waals surface area contributed by atoms with Crippen LogP contribution in [0.5, 0.6) is 0 Å². The molecule has 0 atom stereocenters. The third-order valence-corrected chi connectivity index (χ3v) is 4.20. The first-order chi connectivity index (χ1) is 11.0. The van der Waals surface area contributed by atoms with Crippen LogP contribution in [0.1, 0.15) is 17.5 Å². The number of anilines is 2. The normalized spacial score (nSPS) is 12.9. The number of hydrogen-bond acceptors (Lipinski definition) is 2. The largest absolute Gasteiger partial charge is 0.325 e. The first-order valence-corrected chi connectivity index (χ1v) is 7.86. The molecule has 1 heterocycles. The average molecular weight is 329 g/mol. The molecule has 0 fully saturated rings. The number of benzene rings is 2. The molecule has 0 radical (unpaired) electrons. The van der Waals surface area contributed by atoms with Gasteiger partial charge in [0.2, 0.25) is 11.8 Å². The van der Waals surface area contributed by atoms with Gasteiger partial charge in [-0.2, -0.15) is 0 Å². The van der Waals surface area contributed by atoms with E-state index in [-0.39, 0.29) is 18.2 Å². The Morgan fingerprint density at radius 1 is 1.22 bits per heavy atom. The Balaban J connectivity index is 1.65. The maximum absolute atomic E-state index is 12.4. The summed E-state index contributed by atoms with van der Waals surface area (Å²) in [6.45, 7) is 2.49. The van der Waals surface area contributed by atoms with Gasteiger partial charge in [0, 0.05) is 22.9 Å². The van der Waals surface area contributed by atoms with Crippen molar-refractivity contribution in [3.63, 3.8) is 0 Å². The molecule has 3 rings (SSSR count). The van der Waals surface area contributed by atoms with E-state index in [2.05, 4.69) is 5.32 Å². The van der Waals surface area contributed by atoms with Gasteiger partial charge in [-0.25, -0.2) is 0 Å². The molecule has 118 valence electrons. The highest BCUT2D eigenvalue weighted by atomic mass is 35.5. The Hall–Kier alpha value is -2.33. The van der Waals surface area contributed by atoms with Crippen LogP contribution in [0.4, 0.5) is 11.4 Å². The summed E-state index contributed by atoms with van der Waals surface area (Å²) >= 11 is 5.90. The van der Waals surface area contributed by atoms with Gasteiger partial charge < -0.3 is 10.2 Å². The predicted molar refractivity (Wildman–Crippen MR) is 91.9 cm³/mol. The van der Waals surface area contributed by atoms with Crippen LogP contribution in [0.2, 0.25) is 5.02 Å². The van der Waals surface area contributed by atoms with Crippen molar-refractivity contribution in [2.24, 2.45) is 0 Å². The lowest BCUT2D eigenvalue weighted by atomic mass is 10.2. The van der Waals surface area contributed by atoms with Crippen LogP contribution in [-0.4, -0.2) is 18.4 Å². The Labute approximate surface area is 140 Å². The summed E-state index contributed by atoms with van der Waals surface area (Å²) in [6.07, 6.45) is 0.663. The van der Waals surface area contributed by atoms with Crippen molar-refractivity contribution in [2.45, 2.75) is 19.8 Å². The Morgan fingerprint density at radius 2 is 2.00 bits per heavy atom. The highest BCUT2D eigenvalue weighted by molar-refractivity contribution is 6.30. The van der Waals surface area contributed by atoms with Crippen LogP contribution >= 0.6 is 11.6 Å². The van der Waals surface area contributed by atoms with Crippen LogP contribution in [0.25, 0.3) is 0 Å². The molecule has 2 aromatic carbocycles. The van der Waals surface area contributed by atoms with Gasteiger partial charge in [0.05, 0.1) is 0 Å². The van der Waals surface area contributed by atoms with Crippen LogP contribution < -0.4 is 10.2 Å². The molecule has 0 aliphatic carbocycles. The third kappa shape index (κ3) is 3.37. The standard InChI is InChI=1S/C18H17ClN2O2/c1-12-10-14(19)6-7-15(12)20-17(22)11-18(23)21-9-8-13-4-2-3-5-16(13)21/h2-7,10H,8-9,11H2,1H3,(H,20,22). The quantitative estimate of drug-likeness (QED) is 0.876. The number of carbonyl (C=O) groups is 2. The SMILES string of the molecule is Cc1cc(Cl)ccc1NC(=O)CC(=O)N1CCc2ccccc21. The molecule has 4 nitrogen and oxygen atoms in total. The van der Waals surface area contributed by atoms with Crippen LogP contribution in [0.15, 0.2) is 42.5 Å². The average Bonchev–Trinajstić information content (AvgIpc) is 2.94. The minimum Gasteiger partial charge on any atom is -0.325 e. The van der Waals surface area contributed by atoms with Crippen molar-refractivity contribution < 1.29 is 9.59 Å². The van der Waals surface area contributed by atoms with Gasteiger partial charge >= 0.3 is 0 Å². The van der Waals surface area contributed by atoms with Gasteiger partial charge in [-0.05, 0) is 48.7 Å². The maximum Gasteiger partial charge on any atom is 0.236 e. The van der Waals surface area contributed by atoms with E-state index in [9.17, 15) is 9.59 Å². The molecular formula is C18H17ClN2O2. The van der Waals surface area contributed by atoms with Crippen LogP contribution in [0, 0.1) is 6.92 Å². The van der Waals surface area contributed by atoms with Crippen molar-refractivity contribution in [3.05, 3.63) is 58.6 Å². The molecule has 1 aliphatic rings. The summed E-state index contributed by atoms with van der Waals surface area (Å²) in [7, 11) is 0. The third-order valence-electron chi connectivity index (χ3n) is 3.96. The summed E-state index contributed by atoms with van der Waals surface area (Å²) in [5.74, 6) is -0.496. The fourth-order valence-electron chi connectivity index (χ4n) is 2.79. The Morgan fingerprint density at radius 3 is 2.78 bits per heavy atom. The van der Waals surface area contributed by atoms with Crippen molar-refractivity contribution in [2.75, 3.05) is 16.8 Å². The highest BCUT2D eigenvalue weighted by Gasteiger charge is 2.25. The number of hydrogen-bond donors (Lipinski definition) is 1. The lowest BCUT2D eigenvalue weighted by Gasteiger charge is -2.17. The zero-order chi connectivity index (χ0) is 16.4. The van der Waals surface area contributed by atoms with Crippen molar-refractivity contribution >= 4 is 34.8 Å². The molecule has 0 unspecified atom stereocenters. The Kier molecular flexibility index (Phi) is 4.35. The van der Waals surface area contributed by atoms with Crippen molar-refractivity contribution in [1.82, 2.24) is 0 Å². The van der Waals surface area contributed by atoms with E-state index in [1.807, 2.05) is 31.2 Å². The molecule has 5 heteroatoms. The highest BCUT2D eigenvalue weighted by Crippen LogP contribution is 2.28. The van der Waals surface area contributed by atoms with Crippen molar-refractivity contribution in [3.8, 4) is 0 Å². The summed E-state index contributed by atoms with van der Waals surface area (Å²) < 4.78 is 0. The van der Waals surface area contributed by atoms with Gasteiger partial charge in [0.15, 0.2) is 0 Å². The van der Waals surface area contributed by atoms with E-state index in [0.29, 0.717) is 17.3 Å². The fourth-order valence-corrected chi connectivity index (χ4v) is 3.02. The number of nitrogens with one attached hydrogen (secondary N) is 1. The molecule has 0 saturated carbocycles. The van der Waals surface area contributed by atoms with E-state index in [1.54, 1.807) is 23.1 Å². The van der Waals surface area contributed by atoms with E-state index < -0.39 is 0 Å². The second-order valence-corrected chi connectivity index (χ2v) is 6.04. The van der Waals surface area contributed by atoms with E-state index >= 15 is 0 Å². The first-order valence-electron chi connectivity index (χ1n) is 7.49. The van der Waals surface area contributed by atoms with Crippen LogP contribution in [-0.2, 0) is 16.0 Å². The van der Waals surface area contributed by atoms with Crippen LogP contribution in [0.3, 0.4) is 0 Å². The molecular weight excluding hydrogens is 312 g/mol. The minimum absolute atomic E-state index is 0.170. The number of halogens is 1. The number of carbonyl (C=O) groups excluding carboxylic acids is 2. The molecule has 0 bridgehead atoms. The monoisotopic (exact) mass is 328 g/mol. The topological polar surface area (TPSA) is 49.4 Å². The second-order valence-electron chi connectivity index (χ2n) is 5.61. The number of nitrogens with zero attached hydrogens (tertiary/aromatic N) is 1. The Bertz CT molecular complexity index is 773. The second kappa shape index (κ2) is 6.42. The zero-order valence-corrected chi connectivity index (χ0v) is 13.6. The first kappa shape index (κ1) is 15.6. The lowest BCUT2D eigenvalue weighted by Crippen LogP contribution is -2.32. The number of fused-ring (bicyclic) bond motifs is 1. The van der Waals surface area contributed by atoms with E-state index in [0.717, 1.165) is 23.2 Å². The molecule has 2 aromatic rings. The molecule has 23 heavy (non-hydrogen) atoms. The van der Waals surface area contributed by atoms with Gasteiger partial charge in [0.1, 0.15) is 6.42 Å². The number of rotatable bonds is 3. The number of aryl methyl sites for hydroxylation is 1. The molecule has 0 spiro atoms. The van der Waals surface area contributed by atoms with Gasteiger partial charge in [0.25, 0.3) is 0 Å². The summed E-state index contributed by atoms with van der Waals surface area (Å²) in [4.78, 5) is 26.2. The molecule has 0 saturated heterocycles. The summed E-state index contributed by atoms with van der Waals surface area (Å²) in [6, 6.07) is 13.0. The number of amides is 2. The zero-order valence-electron chi connectivity index (χ0n) is 12.8. The molecule has 1 aliphatic heterocycles. The van der Waals surface area contributed by atoms with E-state index in [4.69, 9.17) is 11.6 Å².